The fourth-order valence-corrected chi connectivity index (χ4v) is 2.72. The van der Waals surface area contributed by atoms with Gasteiger partial charge in [0.05, 0.1) is 5.56 Å². The lowest BCUT2D eigenvalue weighted by atomic mass is 9.80. The minimum Gasteiger partial charge on any atom is -0.368 e. The number of carbonyl (C=O) groups is 1. The number of rotatable bonds is 3. The third-order valence-corrected chi connectivity index (χ3v) is 4.16. The quantitative estimate of drug-likeness (QED) is 0.931. The maximum absolute atomic E-state index is 14.3. The van der Waals surface area contributed by atoms with E-state index in [0.717, 1.165) is 6.42 Å². The van der Waals surface area contributed by atoms with Crippen molar-refractivity contribution in [2.24, 2.45) is 11.3 Å². The van der Waals surface area contributed by atoms with Crippen LogP contribution in [0.15, 0.2) is 12.3 Å². The summed E-state index contributed by atoms with van der Waals surface area (Å²) in [6.07, 6.45) is 2.45. The highest BCUT2D eigenvalue weighted by atomic mass is 19.1. The molecular formula is C16H24FN3O. The summed E-state index contributed by atoms with van der Waals surface area (Å²) in [5, 5.41) is 2.84. The minimum absolute atomic E-state index is 0.107. The van der Waals surface area contributed by atoms with E-state index in [-0.39, 0.29) is 22.7 Å². The van der Waals surface area contributed by atoms with Crippen molar-refractivity contribution in [1.82, 2.24) is 9.88 Å². The van der Waals surface area contributed by atoms with Crippen molar-refractivity contribution in [3.05, 3.63) is 23.6 Å². The first-order valence-corrected chi connectivity index (χ1v) is 7.52. The smallest absolute Gasteiger partial charge is 0.257 e. The summed E-state index contributed by atoms with van der Waals surface area (Å²) < 4.78 is 14.3. The molecule has 1 saturated heterocycles. The number of nitrogens with zero attached hydrogens (tertiary/aromatic N) is 2. The lowest BCUT2D eigenvalue weighted by Crippen LogP contribution is -2.32. The summed E-state index contributed by atoms with van der Waals surface area (Å²) >= 11 is 0. The molecule has 0 spiro atoms. The van der Waals surface area contributed by atoms with Crippen LogP contribution < -0.4 is 5.32 Å². The fraction of sp³-hybridized carbons (Fsp3) is 0.625. The highest BCUT2D eigenvalue weighted by molar-refractivity contribution is 5.95. The molecule has 1 amide bonds. The van der Waals surface area contributed by atoms with Gasteiger partial charge >= 0.3 is 0 Å². The first kappa shape index (κ1) is 15.7. The van der Waals surface area contributed by atoms with Gasteiger partial charge in [0.15, 0.2) is 11.6 Å². The Kier molecular flexibility index (Phi) is 4.49. The molecular weight excluding hydrogens is 269 g/mol. The number of halogens is 1. The number of hydrogen-bond donors (Lipinski definition) is 1. The number of anilines is 1. The Labute approximate surface area is 125 Å². The van der Waals surface area contributed by atoms with Crippen LogP contribution in [0.3, 0.4) is 0 Å². The molecule has 0 bridgehead atoms. The Morgan fingerprint density at radius 1 is 1.52 bits per heavy atom. The van der Waals surface area contributed by atoms with Crippen molar-refractivity contribution in [1.29, 1.82) is 0 Å². The molecule has 2 heterocycles. The fourth-order valence-electron chi connectivity index (χ4n) is 2.72. The minimum atomic E-state index is -0.552. The lowest BCUT2D eigenvalue weighted by Gasteiger charge is -2.27. The second-order valence-electron chi connectivity index (χ2n) is 6.65. The average Bonchev–Trinajstić information content (AvgIpc) is 2.90. The molecule has 0 aliphatic carbocycles. The SMILES string of the molecule is CCNc1nccc(C(=O)N2CCC(C(C)(C)C)C2)c1F. The normalized spacial score (nSPS) is 18.9. The van der Waals surface area contributed by atoms with Crippen LogP contribution in [0, 0.1) is 17.2 Å². The Morgan fingerprint density at radius 2 is 2.24 bits per heavy atom. The molecule has 1 aliphatic rings. The molecule has 21 heavy (non-hydrogen) atoms. The van der Waals surface area contributed by atoms with E-state index in [1.165, 1.54) is 12.3 Å². The molecule has 0 saturated carbocycles. The molecule has 1 fully saturated rings. The van der Waals surface area contributed by atoms with Crippen LogP contribution in [0.5, 0.6) is 0 Å². The number of aromatic nitrogens is 1. The van der Waals surface area contributed by atoms with E-state index >= 15 is 0 Å². The first-order chi connectivity index (χ1) is 9.84. The van der Waals surface area contributed by atoms with Gasteiger partial charge in [-0.2, -0.15) is 0 Å². The van der Waals surface area contributed by atoms with Crippen LogP contribution in [0.4, 0.5) is 10.2 Å². The maximum atomic E-state index is 14.3. The number of hydrogen-bond acceptors (Lipinski definition) is 3. The van der Waals surface area contributed by atoms with Crippen molar-refractivity contribution in [2.75, 3.05) is 25.0 Å². The summed E-state index contributed by atoms with van der Waals surface area (Å²) in [5.74, 6) is -0.182. The van der Waals surface area contributed by atoms with Crippen molar-refractivity contribution < 1.29 is 9.18 Å². The van der Waals surface area contributed by atoms with Crippen molar-refractivity contribution in [3.8, 4) is 0 Å². The Balaban J connectivity index is 2.16. The van der Waals surface area contributed by atoms with Gasteiger partial charge in [0.2, 0.25) is 0 Å². The first-order valence-electron chi connectivity index (χ1n) is 7.52. The summed E-state index contributed by atoms with van der Waals surface area (Å²) in [5.41, 5.74) is 0.274. The molecule has 1 aromatic rings. The number of amides is 1. The van der Waals surface area contributed by atoms with E-state index in [4.69, 9.17) is 0 Å². The van der Waals surface area contributed by atoms with Gasteiger partial charge in [-0.3, -0.25) is 4.79 Å². The zero-order chi connectivity index (χ0) is 15.6. The number of nitrogens with one attached hydrogen (secondary N) is 1. The highest BCUT2D eigenvalue weighted by Gasteiger charge is 2.35. The van der Waals surface area contributed by atoms with Crippen molar-refractivity contribution in [3.63, 3.8) is 0 Å². The zero-order valence-electron chi connectivity index (χ0n) is 13.2. The van der Waals surface area contributed by atoms with E-state index in [0.29, 0.717) is 25.6 Å². The van der Waals surface area contributed by atoms with Gasteiger partial charge in [-0.25, -0.2) is 9.37 Å². The predicted molar refractivity (Wildman–Crippen MR) is 81.8 cm³/mol. The lowest BCUT2D eigenvalue weighted by molar-refractivity contribution is 0.0772. The molecule has 4 nitrogen and oxygen atoms in total. The molecule has 5 heteroatoms. The molecule has 1 N–H and O–H groups in total. The summed E-state index contributed by atoms with van der Waals surface area (Å²) in [6, 6.07) is 1.46. The molecule has 116 valence electrons. The van der Waals surface area contributed by atoms with Gasteiger partial charge in [-0.05, 0) is 30.7 Å². The standard InChI is InChI=1S/C16H24FN3O/c1-5-18-14-13(17)12(6-8-19-14)15(21)20-9-7-11(10-20)16(2,3)4/h6,8,11H,5,7,9-10H2,1-4H3,(H,18,19). The third-order valence-electron chi connectivity index (χ3n) is 4.16. The van der Waals surface area contributed by atoms with Gasteiger partial charge in [-0.15, -0.1) is 0 Å². The van der Waals surface area contributed by atoms with Crippen molar-refractivity contribution in [2.45, 2.75) is 34.1 Å². The van der Waals surface area contributed by atoms with Crippen LogP contribution >= 0.6 is 0 Å². The number of pyridine rings is 1. The maximum Gasteiger partial charge on any atom is 0.257 e. The van der Waals surface area contributed by atoms with Gasteiger partial charge in [0.1, 0.15) is 0 Å². The average molecular weight is 293 g/mol. The van der Waals surface area contributed by atoms with Crippen LogP contribution in [0.1, 0.15) is 44.5 Å². The monoisotopic (exact) mass is 293 g/mol. The topological polar surface area (TPSA) is 45.2 Å². The molecule has 2 rings (SSSR count). The van der Waals surface area contributed by atoms with Gasteiger partial charge in [-0.1, -0.05) is 20.8 Å². The molecule has 0 radical (unpaired) electrons. The summed E-state index contributed by atoms with van der Waals surface area (Å²) in [7, 11) is 0. The highest BCUT2D eigenvalue weighted by Crippen LogP contribution is 2.34. The van der Waals surface area contributed by atoms with Crippen LogP contribution in [0.2, 0.25) is 0 Å². The molecule has 1 aliphatic heterocycles. The summed E-state index contributed by atoms with van der Waals surface area (Å²) in [4.78, 5) is 18.2. The van der Waals surface area contributed by atoms with Gasteiger partial charge in [0.25, 0.3) is 5.91 Å². The van der Waals surface area contributed by atoms with Gasteiger partial charge in [0, 0.05) is 25.8 Å². The number of carbonyl (C=O) groups excluding carboxylic acids is 1. The van der Waals surface area contributed by atoms with Crippen molar-refractivity contribution >= 4 is 11.7 Å². The van der Waals surface area contributed by atoms with E-state index in [2.05, 4.69) is 31.1 Å². The van der Waals surface area contributed by atoms with E-state index < -0.39 is 5.82 Å². The zero-order valence-corrected chi connectivity index (χ0v) is 13.2. The van der Waals surface area contributed by atoms with E-state index in [1.807, 2.05) is 6.92 Å². The number of likely N-dealkylation sites (tertiary alicyclic amines) is 1. The summed E-state index contributed by atoms with van der Waals surface area (Å²) in [6.45, 7) is 10.4. The van der Waals surface area contributed by atoms with Crippen LogP contribution in [-0.2, 0) is 0 Å². The molecule has 1 atom stereocenters. The Bertz CT molecular complexity index is 525. The predicted octanol–water partition coefficient (Wildman–Crippen LogP) is 3.16. The second-order valence-corrected chi connectivity index (χ2v) is 6.65. The molecule has 1 unspecified atom stereocenters. The van der Waals surface area contributed by atoms with Crippen LogP contribution in [0.25, 0.3) is 0 Å². The Morgan fingerprint density at radius 3 is 2.81 bits per heavy atom. The van der Waals surface area contributed by atoms with E-state index in [1.54, 1.807) is 4.90 Å². The molecule has 1 aromatic heterocycles. The third kappa shape index (κ3) is 3.34. The second kappa shape index (κ2) is 6.00. The Hall–Kier alpha value is -1.65. The van der Waals surface area contributed by atoms with Gasteiger partial charge < -0.3 is 10.2 Å². The largest absolute Gasteiger partial charge is 0.368 e. The molecule has 0 aromatic carbocycles. The van der Waals surface area contributed by atoms with E-state index in [9.17, 15) is 9.18 Å². The van der Waals surface area contributed by atoms with Crippen LogP contribution in [-0.4, -0.2) is 35.4 Å².